The summed E-state index contributed by atoms with van der Waals surface area (Å²) in [5, 5.41) is 11.2. The van der Waals surface area contributed by atoms with Crippen molar-refractivity contribution in [3.8, 4) is 11.5 Å². The van der Waals surface area contributed by atoms with Crippen LogP contribution < -0.4 is 9.05 Å². The third-order valence-corrected chi connectivity index (χ3v) is 9.81. The van der Waals surface area contributed by atoms with Gasteiger partial charge in [0.05, 0.1) is 9.97 Å². The lowest BCUT2D eigenvalue weighted by Gasteiger charge is -2.41. The molecule has 4 aromatic rings. The number of rotatable bonds is 13. The SMILES string of the molecule is CC(OP(=O)(Oc1ccccc1)Oc1ccccc1)=C(C(=O)OCc1ccc([N+](=O)[O-])cc1)N1C(=O)C2N=C(Cc3ccccc3)SC21. The molecular weight excluding hydrogens is 657 g/mol. The molecular formula is C34H28N3O9PS. The van der Waals surface area contributed by atoms with Crippen molar-refractivity contribution < 1.29 is 37.4 Å². The van der Waals surface area contributed by atoms with Gasteiger partial charge in [0.1, 0.15) is 29.2 Å². The second kappa shape index (κ2) is 14.2. The number of aliphatic imine (C=N–C) groups is 1. The maximum atomic E-state index is 14.2. The maximum absolute atomic E-state index is 14.2. The van der Waals surface area contributed by atoms with Gasteiger partial charge in [0, 0.05) is 18.6 Å². The highest BCUT2D eigenvalue weighted by atomic mass is 32.2. The first-order valence-electron chi connectivity index (χ1n) is 14.7. The van der Waals surface area contributed by atoms with Crippen molar-refractivity contribution in [1.82, 2.24) is 4.90 Å². The Hall–Kier alpha value is -5.39. The number of allylic oxidation sites excluding steroid dienone is 1. The van der Waals surface area contributed by atoms with Gasteiger partial charge in [-0.3, -0.25) is 24.8 Å². The van der Waals surface area contributed by atoms with Gasteiger partial charge in [0.15, 0.2) is 11.7 Å². The van der Waals surface area contributed by atoms with E-state index in [0.717, 1.165) is 10.6 Å². The molecule has 0 aromatic heterocycles. The summed E-state index contributed by atoms with van der Waals surface area (Å²) in [5.74, 6) is -1.32. The Bertz CT molecular complexity index is 1880. The van der Waals surface area contributed by atoms with E-state index >= 15 is 0 Å². The smallest absolute Gasteiger partial charge is 0.456 e. The molecule has 12 nitrogen and oxygen atoms in total. The topological polar surface area (TPSA) is 147 Å². The fraction of sp³-hybridized carbons (Fsp3) is 0.147. The Kier molecular flexibility index (Phi) is 9.60. The first-order chi connectivity index (χ1) is 23.2. The normalized spacial score (nSPS) is 17.3. The molecule has 2 heterocycles. The molecule has 1 fully saturated rings. The zero-order valence-corrected chi connectivity index (χ0v) is 27.1. The van der Waals surface area contributed by atoms with Crippen LogP contribution in [-0.2, 0) is 36.4 Å². The zero-order valence-electron chi connectivity index (χ0n) is 25.4. The summed E-state index contributed by atoms with van der Waals surface area (Å²) in [6, 6.07) is 30.9. The lowest BCUT2D eigenvalue weighted by Crippen LogP contribution is -2.61. The van der Waals surface area contributed by atoms with Crippen molar-refractivity contribution in [1.29, 1.82) is 0 Å². The number of phosphoric acid groups is 1. The molecule has 1 amide bonds. The molecule has 1 saturated heterocycles. The van der Waals surface area contributed by atoms with Crippen LogP contribution in [0.5, 0.6) is 11.5 Å². The molecule has 48 heavy (non-hydrogen) atoms. The number of nitro benzene ring substituents is 1. The van der Waals surface area contributed by atoms with Gasteiger partial charge in [-0.05, 0) is 54.4 Å². The molecule has 14 heteroatoms. The Morgan fingerprint density at radius 1 is 0.875 bits per heavy atom. The number of ether oxygens (including phenoxy) is 1. The van der Waals surface area contributed by atoms with Crippen LogP contribution in [0, 0.1) is 10.1 Å². The number of benzene rings is 4. The summed E-state index contributed by atoms with van der Waals surface area (Å²) in [6.45, 7) is 1.09. The number of β-lactam (4-membered cyclic amide) rings is 1. The van der Waals surface area contributed by atoms with Gasteiger partial charge in [-0.1, -0.05) is 78.5 Å². The molecule has 244 valence electrons. The molecule has 0 radical (unpaired) electrons. The average Bonchev–Trinajstić information content (AvgIpc) is 3.45. The molecule has 0 bridgehead atoms. The summed E-state index contributed by atoms with van der Waals surface area (Å²) in [7, 11) is -4.54. The summed E-state index contributed by atoms with van der Waals surface area (Å²) in [4.78, 5) is 43.7. The molecule has 4 aromatic carbocycles. The number of nitro groups is 1. The van der Waals surface area contributed by atoms with Crippen LogP contribution in [-0.4, -0.2) is 38.2 Å². The van der Waals surface area contributed by atoms with Crippen molar-refractivity contribution in [3.05, 3.63) is 148 Å². The first-order valence-corrected chi connectivity index (χ1v) is 17.0. The zero-order chi connectivity index (χ0) is 33.7. The van der Waals surface area contributed by atoms with Gasteiger partial charge in [-0.2, -0.15) is 4.57 Å². The van der Waals surface area contributed by atoms with Gasteiger partial charge in [0.2, 0.25) is 0 Å². The van der Waals surface area contributed by atoms with E-state index in [9.17, 15) is 24.3 Å². The number of hydrogen-bond acceptors (Lipinski definition) is 11. The van der Waals surface area contributed by atoms with E-state index in [4.69, 9.17) is 18.3 Å². The average molecular weight is 686 g/mol. The molecule has 6 rings (SSSR count). The lowest BCUT2D eigenvalue weighted by atomic mass is 10.1. The van der Waals surface area contributed by atoms with Crippen molar-refractivity contribution in [2.24, 2.45) is 4.99 Å². The first kappa shape index (κ1) is 32.5. The number of carbonyl (C=O) groups excluding carboxylic acids is 2. The highest BCUT2D eigenvalue weighted by molar-refractivity contribution is 8.14. The fourth-order valence-electron chi connectivity index (χ4n) is 4.94. The third-order valence-electron chi connectivity index (χ3n) is 7.21. The predicted molar refractivity (Wildman–Crippen MR) is 178 cm³/mol. The molecule has 2 unspecified atom stereocenters. The van der Waals surface area contributed by atoms with E-state index in [-0.39, 0.29) is 35.2 Å². The van der Waals surface area contributed by atoms with E-state index in [0.29, 0.717) is 12.0 Å². The standard InChI is InChI=1S/C34H28N3O9PS/c1-23(44-47(42,45-27-13-7-3-8-14-27)46-28-15-9-4-10-16-28)31(34(39)43-22-25-17-19-26(20-18-25)37(40)41)36-32(38)30-33(36)48-29(35-30)21-24-11-5-2-6-12-24/h2-20,30,33H,21-22H2,1H3. The van der Waals surface area contributed by atoms with Crippen LogP contribution in [0.25, 0.3) is 0 Å². The van der Waals surface area contributed by atoms with Gasteiger partial charge >= 0.3 is 13.8 Å². The van der Waals surface area contributed by atoms with Crippen molar-refractivity contribution in [2.75, 3.05) is 0 Å². The summed E-state index contributed by atoms with van der Waals surface area (Å²) < 4.78 is 37.1. The quantitative estimate of drug-likeness (QED) is 0.0272. The maximum Gasteiger partial charge on any atom is 0.646 e. The van der Waals surface area contributed by atoms with Crippen LogP contribution >= 0.6 is 19.6 Å². The van der Waals surface area contributed by atoms with Crippen molar-refractivity contribution >= 4 is 42.2 Å². The molecule has 0 aliphatic carbocycles. The van der Waals surface area contributed by atoms with Crippen LogP contribution in [0.1, 0.15) is 18.1 Å². The number of esters is 1. The summed E-state index contributed by atoms with van der Waals surface area (Å²) in [6.07, 6.45) is 0.504. The van der Waals surface area contributed by atoms with Crippen molar-refractivity contribution in [2.45, 2.75) is 31.4 Å². The molecule has 0 spiro atoms. The van der Waals surface area contributed by atoms with Gasteiger partial charge in [0.25, 0.3) is 11.6 Å². The highest BCUT2D eigenvalue weighted by Gasteiger charge is 2.56. The number of nitrogens with zero attached hydrogens (tertiary/aromatic N) is 3. The van der Waals surface area contributed by atoms with E-state index in [1.807, 2.05) is 30.3 Å². The largest absolute Gasteiger partial charge is 0.646 e. The van der Waals surface area contributed by atoms with E-state index in [2.05, 4.69) is 4.99 Å². The van der Waals surface area contributed by atoms with Gasteiger partial charge in [-0.25, -0.2) is 4.79 Å². The number of carbonyl (C=O) groups is 2. The van der Waals surface area contributed by atoms with Gasteiger partial charge in [-0.15, -0.1) is 0 Å². The number of thioether (sulfide) groups is 1. The number of likely N-dealkylation sites (tertiary alicyclic amines) is 1. The lowest BCUT2D eigenvalue weighted by molar-refractivity contribution is -0.384. The van der Waals surface area contributed by atoms with Crippen molar-refractivity contribution in [3.63, 3.8) is 0 Å². The Morgan fingerprint density at radius 2 is 1.44 bits per heavy atom. The Morgan fingerprint density at radius 3 is 2.00 bits per heavy atom. The van der Waals surface area contributed by atoms with Crippen LogP contribution in [0.2, 0.25) is 0 Å². The molecule has 2 aliphatic rings. The second-order valence-corrected chi connectivity index (χ2v) is 13.2. The van der Waals surface area contributed by atoms with Crippen LogP contribution in [0.3, 0.4) is 0 Å². The number of amides is 1. The Labute approximate surface area is 279 Å². The van der Waals surface area contributed by atoms with E-state index < -0.39 is 36.0 Å². The highest BCUT2D eigenvalue weighted by Crippen LogP contribution is 2.52. The molecule has 2 aliphatic heterocycles. The number of para-hydroxylation sites is 2. The minimum atomic E-state index is -4.54. The molecule has 0 N–H and O–H groups in total. The van der Waals surface area contributed by atoms with E-state index in [1.54, 1.807) is 60.7 Å². The minimum absolute atomic E-state index is 0.121. The predicted octanol–water partition coefficient (Wildman–Crippen LogP) is 7.08. The number of fused-ring (bicyclic) bond motifs is 1. The van der Waals surface area contributed by atoms with Crippen LogP contribution in [0.15, 0.2) is 132 Å². The number of hydrogen-bond donors (Lipinski definition) is 0. The monoisotopic (exact) mass is 685 g/mol. The van der Waals surface area contributed by atoms with Gasteiger partial charge < -0.3 is 18.3 Å². The molecule has 0 saturated carbocycles. The molecule has 2 atom stereocenters. The Balaban J connectivity index is 1.30. The fourth-order valence-corrected chi connectivity index (χ4v) is 7.55. The third kappa shape index (κ3) is 7.43. The second-order valence-electron chi connectivity index (χ2n) is 10.6. The summed E-state index contributed by atoms with van der Waals surface area (Å²) in [5.41, 5.74) is 1.05. The summed E-state index contributed by atoms with van der Waals surface area (Å²) >= 11 is 1.33. The van der Waals surface area contributed by atoms with E-state index in [1.165, 1.54) is 47.9 Å². The number of non-ortho nitro benzene ring substituents is 1. The minimum Gasteiger partial charge on any atom is -0.456 e. The van der Waals surface area contributed by atoms with Crippen LogP contribution in [0.4, 0.5) is 5.69 Å². The number of phosphoric ester groups is 1.